The molecule has 0 saturated heterocycles. The zero-order valence-electron chi connectivity index (χ0n) is 7.46. The first-order valence-corrected chi connectivity index (χ1v) is 4.82. The Morgan fingerprint density at radius 3 is 3.00 bits per heavy atom. The summed E-state index contributed by atoms with van der Waals surface area (Å²) in [6.45, 7) is 0.00401. The molecule has 1 unspecified atom stereocenters. The van der Waals surface area contributed by atoms with E-state index in [1.54, 1.807) is 6.07 Å². The van der Waals surface area contributed by atoms with Gasteiger partial charge in [0, 0.05) is 6.61 Å². The van der Waals surface area contributed by atoms with Gasteiger partial charge < -0.3 is 10.4 Å². The van der Waals surface area contributed by atoms with Gasteiger partial charge in [0.25, 0.3) is 0 Å². The number of hydrogen-bond donors (Lipinski definition) is 2. The van der Waals surface area contributed by atoms with E-state index in [4.69, 9.17) is 16.7 Å². The number of amides is 1. The van der Waals surface area contributed by atoms with E-state index in [9.17, 15) is 4.79 Å². The summed E-state index contributed by atoms with van der Waals surface area (Å²) < 4.78 is 0. The summed E-state index contributed by atoms with van der Waals surface area (Å²) in [7, 11) is 0. The van der Waals surface area contributed by atoms with Crippen LogP contribution >= 0.6 is 11.6 Å². The van der Waals surface area contributed by atoms with Crippen molar-refractivity contribution < 1.29 is 9.90 Å². The van der Waals surface area contributed by atoms with E-state index >= 15 is 0 Å². The molecule has 3 nitrogen and oxygen atoms in total. The van der Waals surface area contributed by atoms with E-state index < -0.39 is 0 Å². The van der Waals surface area contributed by atoms with Gasteiger partial charge in [0.1, 0.15) is 0 Å². The largest absolute Gasteiger partial charge is 0.396 e. The Kier molecular flexibility index (Phi) is 2.44. The molecule has 1 aliphatic heterocycles. The molecule has 2 N–H and O–H groups in total. The van der Waals surface area contributed by atoms with Gasteiger partial charge in [-0.2, -0.15) is 0 Å². The third-order valence-corrected chi connectivity index (χ3v) is 2.72. The maximum Gasteiger partial charge on any atom is 0.232 e. The number of anilines is 1. The number of aliphatic hydroxyl groups excluding tert-OH is 1. The van der Waals surface area contributed by atoms with Gasteiger partial charge in [0.2, 0.25) is 5.91 Å². The van der Waals surface area contributed by atoms with Crippen LogP contribution in [-0.4, -0.2) is 17.6 Å². The standard InChI is InChI=1S/C10H10ClNO2/c11-8-3-1-2-6-7(4-5-13)10(14)12-9(6)8/h1-3,7,13H,4-5H2,(H,12,14). The minimum absolute atomic E-state index is 0.00401. The molecule has 0 spiro atoms. The molecule has 0 fully saturated rings. The monoisotopic (exact) mass is 211 g/mol. The second kappa shape index (κ2) is 3.59. The summed E-state index contributed by atoms with van der Waals surface area (Å²) >= 11 is 5.92. The van der Waals surface area contributed by atoms with Crippen LogP contribution < -0.4 is 5.32 Å². The van der Waals surface area contributed by atoms with E-state index in [2.05, 4.69) is 5.32 Å². The van der Waals surface area contributed by atoms with Crippen molar-refractivity contribution in [2.75, 3.05) is 11.9 Å². The first-order valence-electron chi connectivity index (χ1n) is 4.44. The van der Waals surface area contributed by atoms with Gasteiger partial charge in [-0.3, -0.25) is 4.79 Å². The molecule has 1 heterocycles. The Labute approximate surface area is 86.7 Å². The lowest BCUT2D eigenvalue weighted by atomic mass is 9.98. The zero-order chi connectivity index (χ0) is 10.1. The molecule has 4 heteroatoms. The fraction of sp³-hybridized carbons (Fsp3) is 0.300. The van der Waals surface area contributed by atoms with E-state index in [0.29, 0.717) is 17.1 Å². The second-order valence-electron chi connectivity index (χ2n) is 3.26. The van der Waals surface area contributed by atoms with Gasteiger partial charge in [-0.25, -0.2) is 0 Å². The maximum absolute atomic E-state index is 11.5. The predicted molar refractivity (Wildman–Crippen MR) is 54.5 cm³/mol. The number of carbonyl (C=O) groups is 1. The van der Waals surface area contributed by atoms with E-state index in [1.807, 2.05) is 12.1 Å². The molecule has 74 valence electrons. The SMILES string of the molecule is O=C1Nc2c(Cl)cccc2C1CCO. The second-order valence-corrected chi connectivity index (χ2v) is 3.67. The number of hydrogen-bond acceptors (Lipinski definition) is 2. The van der Waals surface area contributed by atoms with Crippen LogP contribution in [0.4, 0.5) is 5.69 Å². The highest BCUT2D eigenvalue weighted by Gasteiger charge is 2.30. The van der Waals surface area contributed by atoms with Crippen molar-refractivity contribution >= 4 is 23.2 Å². The van der Waals surface area contributed by atoms with Crippen LogP contribution in [0.5, 0.6) is 0 Å². The zero-order valence-corrected chi connectivity index (χ0v) is 8.21. The summed E-state index contributed by atoms with van der Waals surface area (Å²) in [5, 5.41) is 12.1. The van der Waals surface area contributed by atoms with Crippen LogP contribution in [0, 0.1) is 0 Å². The highest BCUT2D eigenvalue weighted by molar-refractivity contribution is 6.34. The van der Waals surface area contributed by atoms with Crippen molar-refractivity contribution in [3.8, 4) is 0 Å². The fourth-order valence-corrected chi connectivity index (χ4v) is 1.96. The van der Waals surface area contributed by atoms with Crippen molar-refractivity contribution in [1.29, 1.82) is 0 Å². The van der Waals surface area contributed by atoms with Crippen LogP contribution in [0.3, 0.4) is 0 Å². The number of benzene rings is 1. The minimum atomic E-state index is -0.256. The number of aliphatic hydroxyl groups is 1. The van der Waals surface area contributed by atoms with E-state index in [-0.39, 0.29) is 18.4 Å². The number of halogens is 1. The van der Waals surface area contributed by atoms with Crippen LogP contribution in [0.25, 0.3) is 0 Å². The van der Waals surface area contributed by atoms with Crippen LogP contribution in [0.1, 0.15) is 17.9 Å². The van der Waals surface area contributed by atoms with Gasteiger partial charge in [0.15, 0.2) is 0 Å². The number of carbonyl (C=O) groups excluding carboxylic acids is 1. The molecule has 1 aromatic rings. The van der Waals surface area contributed by atoms with Crippen molar-refractivity contribution in [2.24, 2.45) is 0 Å². The molecule has 0 bridgehead atoms. The van der Waals surface area contributed by atoms with Gasteiger partial charge in [-0.1, -0.05) is 23.7 Å². The lowest BCUT2D eigenvalue weighted by Gasteiger charge is -2.05. The summed E-state index contributed by atoms with van der Waals surface area (Å²) in [5.74, 6) is -0.337. The Hall–Kier alpha value is -1.06. The van der Waals surface area contributed by atoms with Gasteiger partial charge in [0.05, 0.1) is 16.6 Å². The number of nitrogens with one attached hydrogen (secondary N) is 1. The smallest absolute Gasteiger partial charge is 0.232 e. The third kappa shape index (κ3) is 1.38. The quantitative estimate of drug-likeness (QED) is 0.783. The Morgan fingerprint density at radius 2 is 2.29 bits per heavy atom. The lowest BCUT2D eigenvalue weighted by molar-refractivity contribution is -0.117. The summed E-state index contributed by atoms with van der Waals surface area (Å²) in [6, 6.07) is 5.41. The first kappa shape index (κ1) is 9.49. The summed E-state index contributed by atoms with van der Waals surface area (Å²) in [4.78, 5) is 11.5. The molecule has 14 heavy (non-hydrogen) atoms. The first-order chi connectivity index (χ1) is 6.74. The molecule has 1 aliphatic rings. The number of para-hydroxylation sites is 1. The van der Waals surface area contributed by atoms with Crippen molar-refractivity contribution in [3.63, 3.8) is 0 Å². The van der Waals surface area contributed by atoms with Crippen molar-refractivity contribution in [3.05, 3.63) is 28.8 Å². The van der Waals surface area contributed by atoms with Crippen LogP contribution in [-0.2, 0) is 4.79 Å². The predicted octanol–water partition coefficient (Wildman–Crippen LogP) is 1.76. The molecule has 2 rings (SSSR count). The van der Waals surface area contributed by atoms with Gasteiger partial charge in [-0.05, 0) is 18.1 Å². The molecular weight excluding hydrogens is 202 g/mol. The molecular formula is C10H10ClNO2. The number of rotatable bonds is 2. The Bertz CT molecular complexity index is 378. The topological polar surface area (TPSA) is 49.3 Å². The highest BCUT2D eigenvalue weighted by Crippen LogP contribution is 2.38. The molecule has 0 radical (unpaired) electrons. The average Bonchev–Trinajstić information content (AvgIpc) is 2.47. The number of fused-ring (bicyclic) bond motifs is 1. The third-order valence-electron chi connectivity index (χ3n) is 2.40. The Balaban J connectivity index is 2.42. The fourth-order valence-electron chi connectivity index (χ4n) is 1.73. The molecule has 0 saturated carbocycles. The average molecular weight is 212 g/mol. The maximum atomic E-state index is 11.5. The van der Waals surface area contributed by atoms with Gasteiger partial charge in [-0.15, -0.1) is 0 Å². The summed E-state index contributed by atoms with van der Waals surface area (Å²) in [5.41, 5.74) is 1.58. The van der Waals surface area contributed by atoms with Crippen LogP contribution in [0.2, 0.25) is 5.02 Å². The van der Waals surface area contributed by atoms with E-state index in [1.165, 1.54) is 0 Å². The van der Waals surface area contributed by atoms with Crippen molar-refractivity contribution in [1.82, 2.24) is 0 Å². The molecule has 1 aromatic carbocycles. The summed E-state index contributed by atoms with van der Waals surface area (Å²) in [6.07, 6.45) is 0.444. The molecule has 1 amide bonds. The Morgan fingerprint density at radius 1 is 1.50 bits per heavy atom. The molecule has 1 atom stereocenters. The minimum Gasteiger partial charge on any atom is -0.396 e. The van der Waals surface area contributed by atoms with Crippen molar-refractivity contribution in [2.45, 2.75) is 12.3 Å². The van der Waals surface area contributed by atoms with Crippen LogP contribution in [0.15, 0.2) is 18.2 Å². The van der Waals surface area contributed by atoms with E-state index in [0.717, 1.165) is 5.56 Å². The van der Waals surface area contributed by atoms with Gasteiger partial charge >= 0.3 is 0 Å². The normalized spacial score (nSPS) is 19.3. The highest BCUT2D eigenvalue weighted by atomic mass is 35.5. The lowest BCUT2D eigenvalue weighted by Crippen LogP contribution is -2.13. The molecule has 0 aromatic heterocycles. The molecule has 0 aliphatic carbocycles.